The molecule has 0 aliphatic rings. The number of rotatable bonds is 3. The fourth-order valence-corrected chi connectivity index (χ4v) is 2.77. The maximum Gasteiger partial charge on any atom is 0.137 e. The lowest BCUT2D eigenvalue weighted by Gasteiger charge is -2.14. The lowest BCUT2D eigenvalue weighted by atomic mass is 9.98. The van der Waals surface area contributed by atoms with Gasteiger partial charge >= 0.3 is 0 Å². The van der Waals surface area contributed by atoms with Crippen molar-refractivity contribution in [2.75, 3.05) is 0 Å². The van der Waals surface area contributed by atoms with E-state index in [0.29, 0.717) is 10.9 Å². The molecule has 0 saturated carbocycles. The fraction of sp³-hybridized carbons (Fsp3) is 0.125. The first-order valence-corrected chi connectivity index (χ1v) is 7.33. The third-order valence-electron chi connectivity index (χ3n) is 3.37. The van der Waals surface area contributed by atoms with Crippen molar-refractivity contribution in [1.82, 2.24) is 9.97 Å². The molecule has 0 saturated heterocycles. The molecule has 0 radical (unpaired) electrons. The minimum absolute atomic E-state index is 0.220. The number of hydrogen-bond donors (Lipinski definition) is 1. The molecule has 2 aromatic carbocycles. The average Bonchev–Trinajstić information content (AvgIpc) is 2.50. The summed E-state index contributed by atoms with van der Waals surface area (Å²) in [5.41, 5.74) is 9.86. The van der Waals surface area contributed by atoms with E-state index in [9.17, 15) is 4.39 Å². The molecule has 2 N–H and O–H groups in total. The quantitative estimate of drug-likeness (QED) is 0.785. The van der Waals surface area contributed by atoms with Crippen molar-refractivity contribution in [3.63, 3.8) is 0 Å². The molecular weight excluding hydrogens is 333 g/mol. The Bertz CT molecular complexity index is 786. The van der Waals surface area contributed by atoms with Gasteiger partial charge in [-0.2, -0.15) is 0 Å². The highest BCUT2D eigenvalue weighted by atomic mass is 79.9. The van der Waals surface area contributed by atoms with Gasteiger partial charge in [0.15, 0.2) is 0 Å². The van der Waals surface area contributed by atoms with E-state index in [4.69, 9.17) is 5.73 Å². The second-order valence-electron chi connectivity index (χ2n) is 4.83. The van der Waals surface area contributed by atoms with E-state index in [-0.39, 0.29) is 11.9 Å². The van der Waals surface area contributed by atoms with Crippen molar-refractivity contribution < 1.29 is 4.39 Å². The van der Waals surface area contributed by atoms with Crippen LogP contribution < -0.4 is 5.73 Å². The highest BCUT2D eigenvalue weighted by Crippen LogP contribution is 2.24. The molecule has 0 fully saturated rings. The number of hydrogen-bond acceptors (Lipinski definition) is 3. The summed E-state index contributed by atoms with van der Waals surface area (Å²) in [4.78, 5) is 8.65. The van der Waals surface area contributed by atoms with Crippen molar-refractivity contribution in [2.24, 2.45) is 5.73 Å². The van der Waals surface area contributed by atoms with Crippen LogP contribution in [0.25, 0.3) is 11.0 Å². The van der Waals surface area contributed by atoms with Gasteiger partial charge in [-0.1, -0.05) is 18.2 Å². The van der Waals surface area contributed by atoms with E-state index in [2.05, 4.69) is 25.9 Å². The number of halogens is 2. The van der Waals surface area contributed by atoms with Crippen LogP contribution in [0.2, 0.25) is 0 Å². The Hall–Kier alpha value is -1.85. The molecule has 5 heteroatoms. The first kappa shape index (κ1) is 14.1. The van der Waals surface area contributed by atoms with Crippen LogP contribution in [0.4, 0.5) is 4.39 Å². The van der Waals surface area contributed by atoms with Gasteiger partial charge in [-0.3, -0.25) is 9.97 Å². The van der Waals surface area contributed by atoms with Gasteiger partial charge in [0.05, 0.1) is 15.5 Å². The van der Waals surface area contributed by atoms with Crippen LogP contribution in [0.5, 0.6) is 0 Å². The predicted molar refractivity (Wildman–Crippen MR) is 84.3 cm³/mol. The van der Waals surface area contributed by atoms with Gasteiger partial charge in [0, 0.05) is 18.4 Å². The topological polar surface area (TPSA) is 51.8 Å². The second kappa shape index (κ2) is 5.87. The van der Waals surface area contributed by atoms with E-state index >= 15 is 0 Å². The average molecular weight is 346 g/mol. The van der Waals surface area contributed by atoms with Crippen LogP contribution in [0, 0.1) is 5.82 Å². The molecule has 1 unspecified atom stereocenters. The first-order valence-electron chi connectivity index (χ1n) is 6.54. The molecule has 0 spiro atoms. The number of aromatic nitrogens is 2. The molecule has 106 valence electrons. The van der Waals surface area contributed by atoms with Crippen LogP contribution in [-0.4, -0.2) is 9.97 Å². The summed E-state index contributed by atoms with van der Waals surface area (Å²) in [6, 6.07) is 10.5. The fourth-order valence-electron chi connectivity index (χ4n) is 2.34. The SMILES string of the molecule is NC(Cc1ccc(F)c(Br)c1)c1cccc2nccnc12. The maximum atomic E-state index is 13.3. The van der Waals surface area contributed by atoms with Crippen molar-refractivity contribution in [3.05, 3.63) is 70.2 Å². The van der Waals surface area contributed by atoms with E-state index < -0.39 is 0 Å². The number of benzene rings is 2. The zero-order valence-electron chi connectivity index (χ0n) is 11.1. The molecule has 3 aromatic rings. The third kappa shape index (κ3) is 2.94. The minimum Gasteiger partial charge on any atom is -0.324 e. The Balaban J connectivity index is 1.93. The summed E-state index contributed by atoms with van der Waals surface area (Å²) in [7, 11) is 0. The molecule has 0 bridgehead atoms. The zero-order chi connectivity index (χ0) is 14.8. The largest absolute Gasteiger partial charge is 0.324 e. The molecule has 3 rings (SSSR count). The maximum absolute atomic E-state index is 13.3. The van der Waals surface area contributed by atoms with E-state index in [1.54, 1.807) is 24.5 Å². The number of para-hydroxylation sites is 1. The van der Waals surface area contributed by atoms with Gasteiger partial charge in [0.2, 0.25) is 0 Å². The van der Waals surface area contributed by atoms with Crippen LogP contribution in [0.3, 0.4) is 0 Å². The summed E-state index contributed by atoms with van der Waals surface area (Å²) in [5, 5.41) is 0. The van der Waals surface area contributed by atoms with Crippen LogP contribution in [-0.2, 0) is 6.42 Å². The van der Waals surface area contributed by atoms with Gasteiger partial charge in [-0.25, -0.2) is 4.39 Å². The first-order chi connectivity index (χ1) is 10.1. The number of fused-ring (bicyclic) bond motifs is 1. The number of nitrogens with two attached hydrogens (primary N) is 1. The molecule has 0 aliphatic carbocycles. The molecule has 21 heavy (non-hydrogen) atoms. The van der Waals surface area contributed by atoms with E-state index in [1.807, 2.05) is 18.2 Å². The van der Waals surface area contributed by atoms with E-state index in [0.717, 1.165) is 22.2 Å². The molecule has 3 nitrogen and oxygen atoms in total. The Morgan fingerprint density at radius 3 is 2.76 bits per heavy atom. The van der Waals surface area contributed by atoms with Crippen LogP contribution >= 0.6 is 15.9 Å². The van der Waals surface area contributed by atoms with Crippen LogP contribution in [0.1, 0.15) is 17.2 Å². The highest BCUT2D eigenvalue weighted by molar-refractivity contribution is 9.10. The van der Waals surface area contributed by atoms with Gasteiger partial charge < -0.3 is 5.73 Å². The van der Waals surface area contributed by atoms with Gasteiger partial charge in [-0.05, 0) is 51.7 Å². The van der Waals surface area contributed by atoms with Gasteiger partial charge in [-0.15, -0.1) is 0 Å². The third-order valence-corrected chi connectivity index (χ3v) is 3.98. The smallest absolute Gasteiger partial charge is 0.137 e. The molecule has 0 aliphatic heterocycles. The zero-order valence-corrected chi connectivity index (χ0v) is 12.7. The Labute approximate surface area is 130 Å². The molecular formula is C16H13BrFN3. The predicted octanol–water partition coefficient (Wildman–Crippen LogP) is 3.77. The van der Waals surface area contributed by atoms with Gasteiger partial charge in [0.25, 0.3) is 0 Å². The summed E-state index contributed by atoms with van der Waals surface area (Å²) in [6.07, 6.45) is 3.93. The molecule has 1 aromatic heterocycles. The summed E-state index contributed by atoms with van der Waals surface area (Å²) in [6.45, 7) is 0. The highest BCUT2D eigenvalue weighted by Gasteiger charge is 2.12. The monoisotopic (exact) mass is 345 g/mol. The van der Waals surface area contributed by atoms with Crippen molar-refractivity contribution in [2.45, 2.75) is 12.5 Å². The summed E-state index contributed by atoms with van der Waals surface area (Å²) in [5.74, 6) is -0.275. The number of nitrogens with zero attached hydrogens (tertiary/aromatic N) is 2. The van der Waals surface area contributed by atoms with Crippen molar-refractivity contribution >= 4 is 27.0 Å². The van der Waals surface area contributed by atoms with Crippen molar-refractivity contribution in [3.8, 4) is 0 Å². The normalized spacial score (nSPS) is 12.5. The van der Waals surface area contributed by atoms with Gasteiger partial charge in [0.1, 0.15) is 5.82 Å². The Morgan fingerprint density at radius 2 is 1.95 bits per heavy atom. The molecule has 1 atom stereocenters. The molecule has 1 heterocycles. The second-order valence-corrected chi connectivity index (χ2v) is 5.68. The standard InChI is InChI=1S/C16H13BrFN3/c17-12-8-10(4-5-13(12)18)9-14(19)11-2-1-3-15-16(11)21-7-6-20-15/h1-8,14H,9,19H2. The van der Waals surface area contributed by atoms with E-state index in [1.165, 1.54) is 6.07 Å². The summed E-state index contributed by atoms with van der Waals surface area (Å²) >= 11 is 3.19. The lowest BCUT2D eigenvalue weighted by Crippen LogP contribution is -2.14. The Kier molecular flexibility index (Phi) is 3.94. The molecule has 0 amide bonds. The Morgan fingerprint density at radius 1 is 1.14 bits per heavy atom. The lowest BCUT2D eigenvalue weighted by molar-refractivity contribution is 0.619. The summed E-state index contributed by atoms with van der Waals surface area (Å²) < 4.78 is 13.7. The minimum atomic E-state index is -0.275. The van der Waals surface area contributed by atoms with Crippen molar-refractivity contribution in [1.29, 1.82) is 0 Å². The van der Waals surface area contributed by atoms with Crippen LogP contribution in [0.15, 0.2) is 53.3 Å².